The van der Waals surface area contributed by atoms with Gasteiger partial charge in [0, 0.05) is 23.1 Å². The Morgan fingerprint density at radius 2 is 2.09 bits per heavy atom. The molecule has 1 heterocycles. The highest BCUT2D eigenvalue weighted by Gasteiger charge is 2.08. The molecule has 2 aromatic rings. The van der Waals surface area contributed by atoms with Crippen LogP contribution in [0.1, 0.15) is 35.3 Å². The first-order chi connectivity index (χ1) is 10.6. The Hall–Kier alpha value is -1.59. The van der Waals surface area contributed by atoms with E-state index in [-0.39, 0.29) is 6.04 Å². The number of guanidine groups is 1. The number of benzene rings is 1. The van der Waals surface area contributed by atoms with E-state index in [1.54, 1.807) is 18.4 Å². The van der Waals surface area contributed by atoms with Crippen molar-refractivity contribution in [1.82, 2.24) is 15.6 Å². The molecule has 118 valence electrons. The van der Waals surface area contributed by atoms with Crippen molar-refractivity contribution in [3.8, 4) is 0 Å². The third-order valence-corrected chi connectivity index (χ3v) is 4.70. The molecule has 2 rings (SSSR count). The summed E-state index contributed by atoms with van der Waals surface area (Å²) in [5.74, 6) is 0.760. The van der Waals surface area contributed by atoms with Crippen LogP contribution in [0.3, 0.4) is 0 Å². The first-order valence-electron chi connectivity index (χ1n) is 7.28. The lowest BCUT2D eigenvalue weighted by Crippen LogP contribution is -2.38. The molecule has 2 N–H and O–H groups in total. The molecule has 1 atom stereocenters. The van der Waals surface area contributed by atoms with Crippen molar-refractivity contribution in [3.63, 3.8) is 0 Å². The first-order valence-corrected chi connectivity index (χ1v) is 8.48. The second-order valence-corrected chi connectivity index (χ2v) is 6.55. The Bertz CT molecular complexity index is 621. The number of aliphatic imine (C=N–C) groups is 1. The van der Waals surface area contributed by atoms with Crippen LogP contribution in [0.15, 0.2) is 35.5 Å². The number of hydrogen-bond donors (Lipinski definition) is 2. The fourth-order valence-corrected chi connectivity index (χ4v) is 2.92. The standard InChI is InChI=1S/C16H21ClN4S/c1-4-14-9-19-15(22-14)10-20-16(18-3)21-11(2)12-5-7-13(17)8-6-12/h5-9,11H,4,10H2,1-3H3,(H2,18,20,21). The molecule has 0 radical (unpaired) electrons. The third-order valence-electron chi connectivity index (χ3n) is 3.30. The molecular formula is C16H21ClN4S. The molecule has 1 aromatic carbocycles. The van der Waals surface area contributed by atoms with Gasteiger partial charge in [-0.3, -0.25) is 4.99 Å². The zero-order chi connectivity index (χ0) is 15.9. The minimum atomic E-state index is 0.144. The van der Waals surface area contributed by atoms with E-state index >= 15 is 0 Å². The maximum Gasteiger partial charge on any atom is 0.191 e. The van der Waals surface area contributed by atoms with Crippen molar-refractivity contribution in [3.05, 3.63) is 50.9 Å². The van der Waals surface area contributed by atoms with Crippen LogP contribution in [0.25, 0.3) is 0 Å². The zero-order valence-electron chi connectivity index (χ0n) is 13.1. The van der Waals surface area contributed by atoms with Gasteiger partial charge in [-0.15, -0.1) is 11.3 Å². The van der Waals surface area contributed by atoms with Crippen LogP contribution in [0.4, 0.5) is 0 Å². The Balaban J connectivity index is 1.90. The van der Waals surface area contributed by atoms with Crippen LogP contribution in [0.5, 0.6) is 0 Å². The van der Waals surface area contributed by atoms with Crippen LogP contribution in [0.2, 0.25) is 5.02 Å². The third kappa shape index (κ3) is 4.71. The van der Waals surface area contributed by atoms with Gasteiger partial charge in [-0.2, -0.15) is 0 Å². The van der Waals surface area contributed by atoms with E-state index in [0.29, 0.717) is 6.54 Å². The van der Waals surface area contributed by atoms with Gasteiger partial charge in [0.2, 0.25) is 0 Å². The lowest BCUT2D eigenvalue weighted by atomic mass is 10.1. The quantitative estimate of drug-likeness (QED) is 0.645. The summed E-state index contributed by atoms with van der Waals surface area (Å²) in [5.41, 5.74) is 1.16. The van der Waals surface area contributed by atoms with Crippen LogP contribution in [-0.4, -0.2) is 18.0 Å². The maximum absolute atomic E-state index is 5.92. The normalized spacial score (nSPS) is 13.0. The zero-order valence-corrected chi connectivity index (χ0v) is 14.6. The van der Waals surface area contributed by atoms with Gasteiger partial charge >= 0.3 is 0 Å². The minimum Gasteiger partial charge on any atom is -0.350 e. The molecule has 0 aliphatic rings. The molecule has 0 aliphatic carbocycles. The summed E-state index contributed by atoms with van der Waals surface area (Å²) in [7, 11) is 1.77. The van der Waals surface area contributed by atoms with Gasteiger partial charge in [0.05, 0.1) is 12.6 Å². The number of aromatic nitrogens is 1. The van der Waals surface area contributed by atoms with Crippen LogP contribution in [-0.2, 0) is 13.0 Å². The molecule has 0 saturated heterocycles. The van der Waals surface area contributed by atoms with Crippen LogP contribution in [0, 0.1) is 0 Å². The lowest BCUT2D eigenvalue weighted by Gasteiger charge is -2.18. The maximum atomic E-state index is 5.92. The lowest BCUT2D eigenvalue weighted by molar-refractivity contribution is 0.685. The summed E-state index contributed by atoms with van der Waals surface area (Å²) >= 11 is 7.65. The second-order valence-electron chi connectivity index (χ2n) is 4.92. The predicted octanol–water partition coefficient (Wildman–Crippen LogP) is 3.79. The topological polar surface area (TPSA) is 49.3 Å². The number of rotatable bonds is 5. The van der Waals surface area contributed by atoms with E-state index in [9.17, 15) is 0 Å². The summed E-state index contributed by atoms with van der Waals surface area (Å²) in [5, 5.41) is 8.47. The molecule has 6 heteroatoms. The molecule has 0 aliphatic heterocycles. The van der Waals surface area contributed by atoms with Gasteiger partial charge in [0.25, 0.3) is 0 Å². The molecule has 22 heavy (non-hydrogen) atoms. The summed E-state index contributed by atoms with van der Waals surface area (Å²) in [4.78, 5) is 9.96. The molecule has 1 aromatic heterocycles. The highest BCUT2D eigenvalue weighted by atomic mass is 35.5. The van der Waals surface area contributed by atoms with Gasteiger partial charge in [-0.05, 0) is 31.0 Å². The Morgan fingerprint density at radius 1 is 1.36 bits per heavy atom. The van der Waals surface area contributed by atoms with Crippen molar-refractivity contribution in [2.24, 2.45) is 4.99 Å². The molecular weight excluding hydrogens is 316 g/mol. The van der Waals surface area contributed by atoms with Gasteiger partial charge in [0.15, 0.2) is 5.96 Å². The average Bonchev–Trinajstić information content (AvgIpc) is 3.00. The van der Waals surface area contributed by atoms with Gasteiger partial charge in [0.1, 0.15) is 5.01 Å². The van der Waals surface area contributed by atoms with Crippen molar-refractivity contribution in [2.45, 2.75) is 32.9 Å². The van der Waals surface area contributed by atoms with Crippen molar-refractivity contribution in [2.75, 3.05) is 7.05 Å². The van der Waals surface area contributed by atoms with Gasteiger partial charge in [-0.25, -0.2) is 4.98 Å². The number of nitrogens with one attached hydrogen (secondary N) is 2. The Morgan fingerprint density at radius 3 is 2.68 bits per heavy atom. The molecule has 0 amide bonds. The van der Waals surface area contributed by atoms with Crippen molar-refractivity contribution >= 4 is 28.9 Å². The summed E-state index contributed by atoms with van der Waals surface area (Å²) in [6, 6.07) is 7.97. The van der Waals surface area contributed by atoms with E-state index in [2.05, 4.69) is 34.5 Å². The molecule has 0 fully saturated rings. The molecule has 0 saturated carbocycles. The van der Waals surface area contributed by atoms with Crippen molar-refractivity contribution < 1.29 is 0 Å². The van der Waals surface area contributed by atoms with Crippen LogP contribution < -0.4 is 10.6 Å². The molecule has 1 unspecified atom stereocenters. The fraction of sp³-hybridized carbons (Fsp3) is 0.375. The first kappa shape index (κ1) is 16.8. The summed E-state index contributed by atoms with van der Waals surface area (Å²) < 4.78 is 0. The van der Waals surface area contributed by atoms with Gasteiger partial charge in [-0.1, -0.05) is 30.7 Å². The molecule has 4 nitrogen and oxygen atoms in total. The monoisotopic (exact) mass is 336 g/mol. The fourth-order valence-electron chi connectivity index (χ4n) is 1.99. The number of hydrogen-bond acceptors (Lipinski definition) is 3. The molecule has 0 bridgehead atoms. The van der Waals surface area contributed by atoms with Gasteiger partial charge < -0.3 is 10.6 Å². The smallest absolute Gasteiger partial charge is 0.191 e. The van der Waals surface area contributed by atoms with E-state index < -0.39 is 0 Å². The highest BCUT2D eigenvalue weighted by molar-refractivity contribution is 7.11. The van der Waals surface area contributed by atoms with E-state index in [4.69, 9.17) is 11.6 Å². The number of halogens is 1. The Labute approximate surface area is 140 Å². The van der Waals surface area contributed by atoms with E-state index in [1.165, 1.54) is 4.88 Å². The summed E-state index contributed by atoms with van der Waals surface area (Å²) in [6.45, 7) is 4.91. The number of nitrogens with zero attached hydrogens (tertiary/aromatic N) is 2. The highest BCUT2D eigenvalue weighted by Crippen LogP contribution is 2.16. The molecule has 0 spiro atoms. The Kier molecular flexibility index (Phi) is 6.21. The average molecular weight is 337 g/mol. The van der Waals surface area contributed by atoms with Crippen LogP contribution >= 0.6 is 22.9 Å². The minimum absolute atomic E-state index is 0.144. The second kappa shape index (κ2) is 8.15. The van der Waals surface area contributed by atoms with E-state index in [0.717, 1.165) is 28.0 Å². The van der Waals surface area contributed by atoms with Crippen molar-refractivity contribution in [1.29, 1.82) is 0 Å². The largest absolute Gasteiger partial charge is 0.350 e. The number of aryl methyl sites for hydroxylation is 1. The SMILES string of the molecule is CCc1cnc(CNC(=NC)NC(C)c2ccc(Cl)cc2)s1. The summed E-state index contributed by atoms with van der Waals surface area (Å²) in [6.07, 6.45) is 2.96. The number of thiazole rings is 1. The predicted molar refractivity (Wildman–Crippen MR) is 94.7 cm³/mol. The van der Waals surface area contributed by atoms with E-state index in [1.807, 2.05) is 30.5 Å².